The highest BCUT2D eigenvalue weighted by molar-refractivity contribution is 5.94. The molecule has 1 aliphatic heterocycles. The number of carbonyl (C=O) groups is 1. The van der Waals surface area contributed by atoms with Gasteiger partial charge in [-0.25, -0.2) is 9.97 Å². The molecule has 3 rings (SSSR count). The van der Waals surface area contributed by atoms with Crippen LogP contribution in [-0.2, 0) is 6.18 Å². The Labute approximate surface area is 142 Å². The van der Waals surface area contributed by atoms with E-state index in [9.17, 15) is 18.0 Å². The van der Waals surface area contributed by atoms with E-state index >= 15 is 0 Å². The minimum Gasteiger partial charge on any atom is -0.472 e. The fourth-order valence-corrected chi connectivity index (χ4v) is 2.75. The molecule has 25 heavy (non-hydrogen) atoms. The minimum atomic E-state index is -4.48. The lowest BCUT2D eigenvalue weighted by atomic mass is 10.1. The molecule has 0 N–H and O–H groups in total. The predicted molar refractivity (Wildman–Crippen MR) is 83.0 cm³/mol. The largest absolute Gasteiger partial charge is 0.472 e. The average molecular weight is 351 g/mol. The molecule has 2 heterocycles. The highest BCUT2D eigenvalue weighted by Crippen LogP contribution is 2.30. The van der Waals surface area contributed by atoms with Crippen molar-refractivity contribution in [1.82, 2.24) is 14.9 Å². The summed E-state index contributed by atoms with van der Waals surface area (Å²) in [6.45, 7) is 0.789. The number of hydrogen-bond donors (Lipinski definition) is 0. The number of piperidine rings is 1. The molecule has 1 aromatic heterocycles. The van der Waals surface area contributed by atoms with Gasteiger partial charge in [0.25, 0.3) is 5.91 Å². The number of carbonyl (C=O) groups excluding carboxylic acids is 1. The first-order chi connectivity index (χ1) is 11.9. The molecule has 0 bridgehead atoms. The van der Waals surface area contributed by atoms with Crippen molar-refractivity contribution in [2.45, 2.75) is 25.1 Å². The molecule has 0 spiro atoms. The number of benzene rings is 1. The Morgan fingerprint density at radius 3 is 2.84 bits per heavy atom. The Morgan fingerprint density at radius 2 is 2.12 bits per heavy atom. The van der Waals surface area contributed by atoms with Gasteiger partial charge in [-0.1, -0.05) is 6.07 Å². The van der Waals surface area contributed by atoms with Gasteiger partial charge in [-0.15, -0.1) is 0 Å². The summed E-state index contributed by atoms with van der Waals surface area (Å²) in [6.07, 6.45) is -0.355. The van der Waals surface area contributed by atoms with Crippen molar-refractivity contribution < 1.29 is 22.7 Å². The summed E-state index contributed by atoms with van der Waals surface area (Å²) < 4.78 is 44.2. The van der Waals surface area contributed by atoms with Gasteiger partial charge in [-0.05, 0) is 31.0 Å². The van der Waals surface area contributed by atoms with Crippen LogP contribution in [0.5, 0.6) is 5.88 Å². The van der Waals surface area contributed by atoms with Crippen LogP contribution >= 0.6 is 0 Å². The molecule has 0 aliphatic carbocycles. The maximum atomic E-state index is 12.8. The van der Waals surface area contributed by atoms with Crippen LogP contribution in [0.25, 0.3) is 0 Å². The van der Waals surface area contributed by atoms with Gasteiger partial charge < -0.3 is 9.64 Å². The third-order valence-corrected chi connectivity index (χ3v) is 3.94. The SMILES string of the molecule is O=C(c1cccc(C(F)(F)F)c1)N1CCC[C@@H](Oc2ccncn2)C1. The van der Waals surface area contributed by atoms with Crippen LogP contribution in [-0.4, -0.2) is 40.0 Å². The van der Waals surface area contributed by atoms with Crippen LogP contribution < -0.4 is 4.74 Å². The average Bonchev–Trinajstić information content (AvgIpc) is 2.61. The number of rotatable bonds is 3. The first-order valence-corrected chi connectivity index (χ1v) is 7.83. The zero-order valence-corrected chi connectivity index (χ0v) is 13.2. The molecule has 1 amide bonds. The quantitative estimate of drug-likeness (QED) is 0.852. The fraction of sp³-hybridized carbons (Fsp3) is 0.353. The molecule has 0 radical (unpaired) electrons. The molecule has 1 atom stereocenters. The Morgan fingerprint density at radius 1 is 1.28 bits per heavy atom. The molecule has 1 aromatic carbocycles. The Kier molecular flexibility index (Phi) is 4.87. The molecule has 8 heteroatoms. The Balaban J connectivity index is 1.70. The molecule has 132 valence electrons. The van der Waals surface area contributed by atoms with E-state index in [0.29, 0.717) is 25.4 Å². The van der Waals surface area contributed by atoms with Crippen molar-refractivity contribution in [1.29, 1.82) is 0 Å². The molecule has 5 nitrogen and oxygen atoms in total. The number of alkyl halides is 3. The van der Waals surface area contributed by atoms with Gasteiger partial charge in [0.2, 0.25) is 5.88 Å². The van der Waals surface area contributed by atoms with Gasteiger partial charge >= 0.3 is 6.18 Å². The molecule has 1 fully saturated rings. The van der Waals surface area contributed by atoms with Crippen LogP contribution in [0.3, 0.4) is 0 Å². The third kappa shape index (κ3) is 4.26. The fourth-order valence-electron chi connectivity index (χ4n) is 2.75. The third-order valence-electron chi connectivity index (χ3n) is 3.94. The van der Waals surface area contributed by atoms with Crippen LogP contribution in [0.2, 0.25) is 0 Å². The summed E-state index contributed by atoms with van der Waals surface area (Å²) in [4.78, 5) is 21.9. The van der Waals surface area contributed by atoms with E-state index in [1.807, 2.05) is 0 Å². The number of amides is 1. The summed E-state index contributed by atoms with van der Waals surface area (Å²) in [6, 6.07) is 6.10. The zero-order chi connectivity index (χ0) is 17.9. The number of nitrogens with zero attached hydrogens (tertiary/aromatic N) is 3. The van der Waals surface area contributed by atoms with Gasteiger partial charge in [0, 0.05) is 24.4 Å². The van der Waals surface area contributed by atoms with Crippen LogP contribution in [0, 0.1) is 0 Å². The van der Waals surface area contributed by atoms with E-state index in [2.05, 4.69) is 9.97 Å². The van der Waals surface area contributed by atoms with Crippen molar-refractivity contribution in [2.75, 3.05) is 13.1 Å². The second-order valence-corrected chi connectivity index (χ2v) is 5.76. The van der Waals surface area contributed by atoms with Crippen LogP contribution in [0.1, 0.15) is 28.8 Å². The second-order valence-electron chi connectivity index (χ2n) is 5.76. The Hall–Kier alpha value is -2.64. The molecular weight excluding hydrogens is 335 g/mol. The molecule has 0 unspecified atom stereocenters. The Bertz CT molecular complexity index is 737. The summed E-state index contributed by atoms with van der Waals surface area (Å²) in [5.41, 5.74) is -0.804. The lowest BCUT2D eigenvalue weighted by Gasteiger charge is -2.32. The van der Waals surface area contributed by atoms with E-state index in [-0.39, 0.29) is 11.7 Å². The van der Waals surface area contributed by atoms with E-state index < -0.39 is 17.6 Å². The van der Waals surface area contributed by atoms with Crippen molar-refractivity contribution in [3.8, 4) is 5.88 Å². The molecule has 1 saturated heterocycles. The summed E-state index contributed by atoms with van der Waals surface area (Å²) >= 11 is 0. The van der Waals surface area contributed by atoms with Crippen molar-refractivity contribution in [3.63, 3.8) is 0 Å². The number of hydrogen-bond acceptors (Lipinski definition) is 4. The molecule has 0 saturated carbocycles. The topological polar surface area (TPSA) is 55.3 Å². The van der Waals surface area contributed by atoms with Gasteiger partial charge in [-0.2, -0.15) is 13.2 Å². The zero-order valence-electron chi connectivity index (χ0n) is 13.2. The van der Waals surface area contributed by atoms with Gasteiger partial charge in [0.05, 0.1) is 12.1 Å². The number of aromatic nitrogens is 2. The summed E-state index contributed by atoms with van der Waals surface area (Å²) in [7, 11) is 0. The van der Waals surface area contributed by atoms with Crippen LogP contribution in [0.4, 0.5) is 13.2 Å². The van der Waals surface area contributed by atoms with E-state index in [1.54, 1.807) is 12.3 Å². The van der Waals surface area contributed by atoms with Crippen molar-refractivity contribution in [3.05, 3.63) is 54.0 Å². The smallest absolute Gasteiger partial charge is 0.416 e. The maximum absolute atomic E-state index is 12.8. The summed E-state index contributed by atoms with van der Waals surface area (Å²) in [5.74, 6) is -0.0181. The monoisotopic (exact) mass is 351 g/mol. The first kappa shape index (κ1) is 17.2. The van der Waals surface area contributed by atoms with Gasteiger partial charge in [-0.3, -0.25) is 4.79 Å². The first-order valence-electron chi connectivity index (χ1n) is 7.83. The van der Waals surface area contributed by atoms with E-state index in [0.717, 1.165) is 18.6 Å². The standard InChI is InChI=1S/C17H16F3N3O2/c18-17(19,20)13-4-1-3-12(9-13)16(24)23-8-2-5-14(10-23)25-15-6-7-21-11-22-15/h1,3-4,6-7,9,11,14H,2,5,8,10H2/t14-/m1/s1. The van der Waals surface area contributed by atoms with Gasteiger partial charge in [0.1, 0.15) is 12.4 Å². The minimum absolute atomic E-state index is 0.0255. The summed E-state index contributed by atoms with van der Waals surface area (Å²) in [5, 5.41) is 0. The van der Waals surface area contributed by atoms with E-state index in [4.69, 9.17) is 4.74 Å². The lowest BCUT2D eigenvalue weighted by molar-refractivity contribution is -0.137. The number of ether oxygens (including phenoxy) is 1. The number of likely N-dealkylation sites (tertiary alicyclic amines) is 1. The van der Waals surface area contributed by atoms with Crippen molar-refractivity contribution >= 4 is 5.91 Å². The second kappa shape index (κ2) is 7.08. The normalized spacial score (nSPS) is 18.0. The molecule has 2 aromatic rings. The maximum Gasteiger partial charge on any atom is 0.416 e. The van der Waals surface area contributed by atoms with Crippen molar-refractivity contribution in [2.24, 2.45) is 0 Å². The molecule has 1 aliphatic rings. The highest BCUT2D eigenvalue weighted by atomic mass is 19.4. The highest BCUT2D eigenvalue weighted by Gasteiger charge is 2.32. The number of halogens is 3. The lowest BCUT2D eigenvalue weighted by Crippen LogP contribution is -2.44. The van der Waals surface area contributed by atoms with Crippen LogP contribution in [0.15, 0.2) is 42.9 Å². The predicted octanol–water partition coefficient (Wildman–Crippen LogP) is 3.18. The van der Waals surface area contributed by atoms with Gasteiger partial charge in [0.15, 0.2) is 0 Å². The molecular formula is C17H16F3N3O2. The van der Waals surface area contributed by atoms with E-state index in [1.165, 1.54) is 23.4 Å².